The zero-order valence-electron chi connectivity index (χ0n) is 42.1. The number of fused-ring (bicyclic) bond motifs is 14. The van der Waals surface area contributed by atoms with E-state index in [0.29, 0.717) is 0 Å². The van der Waals surface area contributed by atoms with E-state index in [1.54, 1.807) is 0 Å². The van der Waals surface area contributed by atoms with Gasteiger partial charge in [-0.1, -0.05) is 197 Å². The lowest BCUT2D eigenvalue weighted by Gasteiger charge is -2.32. The first-order chi connectivity index (χ1) is 36.4. The SMILES string of the molecule is CC/C=C\C1=C(C)C2(c3ccccc3-c3ccccc32)c2ccc3c(c21)-c1ccc(N(c2cccc(N(c4ccccc4)c4ccc(-c5ccccc5)cc4)c2)c2cccc4c2oc2ccccc24)cc1C3(C)C. The topological polar surface area (TPSA) is 19.6 Å². The van der Waals surface area contributed by atoms with Crippen LogP contribution in [0.25, 0.3) is 60.9 Å². The van der Waals surface area contributed by atoms with Gasteiger partial charge < -0.3 is 14.2 Å². The summed E-state index contributed by atoms with van der Waals surface area (Å²) in [6.07, 6.45) is 5.73. The molecule has 0 unspecified atom stereocenters. The molecule has 3 aliphatic carbocycles. The van der Waals surface area contributed by atoms with E-state index in [2.05, 4.69) is 280 Å². The summed E-state index contributed by atoms with van der Waals surface area (Å²) in [5, 5.41) is 2.19. The molecule has 0 saturated heterocycles. The molecule has 74 heavy (non-hydrogen) atoms. The van der Waals surface area contributed by atoms with Crippen molar-refractivity contribution in [2.45, 2.75) is 44.9 Å². The van der Waals surface area contributed by atoms with Gasteiger partial charge in [-0.25, -0.2) is 0 Å². The highest BCUT2D eigenvalue weighted by Gasteiger charge is 2.53. The Labute approximate surface area is 433 Å². The van der Waals surface area contributed by atoms with E-state index in [0.717, 1.165) is 62.5 Å². The first kappa shape index (κ1) is 43.8. The van der Waals surface area contributed by atoms with Crippen LogP contribution in [0.1, 0.15) is 67.5 Å². The van der Waals surface area contributed by atoms with Gasteiger partial charge in [-0.05, 0) is 158 Å². The second-order valence-electron chi connectivity index (χ2n) is 20.6. The fraction of sp³-hybridized carbons (Fsp3) is 0.0986. The van der Waals surface area contributed by atoms with Crippen LogP contribution < -0.4 is 9.80 Å². The first-order valence-electron chi connectivity index (χ1n) is 26.1. The van der Waals surface area contributed by atoms with Crippen LogP contribution in [0.4, 0.5) is 34.1 Å². The molecule has 0 N–H and O–H groups in total. The summed E-state index contributed by atoms with van der Waals surface area (Å²) in [6, 6.07) is 84.5. The molecule has 0 bridgehead atoms. The minimum absolute atomic E-state index is 0.306. The van der Waals surface area contributed by atoms with Crippen LogP contribution in [0, 0.1) is 0 Å². The summed E-state index contributed by atoms with van der Waals surface area (Å²) in [6.45, 7) is 9.47. The number of hydrogen-bond donors (Lipinski definition) is 0. The molecule has 1 aromatic heterocycles. The highest BCUT2D eigenvalue weighted by atomic mass is 16.3. The lowest BCUT2D eigenvalue weighted by Crippen LogP contribution is -2.26. The van der Waals surface area contributed by atoms with Gasteiger partial charge >= 0.3 is 0 Å². The molecule has 10 aromatic carbocycles. The summed E-state index contributed by atoms with van der Waals surface area (Å²) >= 11 is 0. The normalized spacial score (nSPS) is 14.4. The van der Waals surface area contributed by atoms with Crippen LogP contribution in [0.15, 0.2) is 253 Å². The van der Waals surface area contributed by atoms with E-state index in [-0.39, 0.29) is 10.8 Å². The molecule has 3 nitrogen and oxygen atoms in total. The maximum absolute atomic E-state index is 6.89. The molecule has 14 rings (SSSR count). The van der Waals surface area contributed by atoms with Crippen LogP contribution in [0.5, 0.6) is 0 Å². The van der Waals surface area contributed by atoms with Gasteiger partial charge in [0.25, 0.3) is 0 Å². The molecular formula is C71H54N2O. The number of allylic oxidation sites excluding steroid dienone is 4. The minimum atomic E-state index is -0.386. The molecule has 0 radical (unpaired) electrons. The Balaban J connectivity index is 0.968. The van der Waals surface area contributed by atoms with Gasteiger partial charge in [-0.15, -0.1) is 0 Å². The largest absolute Gasteiger partial charge is 0.454 e. The van der Waals surface area contributed by atoms with Gasteiger partial charge in [0.1, 0.15) is 5.58 Å². The van der Waals surface area contributed by atoms with Crippen LogP contribution in [0.3, 0.4) is 0 Å². The zero-order chi connectivity index (χ0) is 49.7. The summed E-state index contributed by atoms with van der Waals surface area (Å²) in [7, 11) is 0. The minimum Gasteiger partial charge on any atom is -0.454 e. The quantitative estimate of drug-likeness (QED) is 0.144. The molecular weight excluding hydrogens is 897 g/mol. The number of hydrogen-bond acceptors (Lipinski definition) is 3. The number of anilines is 6. The third kappa shape index (κ3) is 6.32. The van der Waals surface area contributed by atoms with Crippen LogP contribution in [-0.2, 0) is 10.8 Å². The fourth-order valence-electron chi connectivity index (χ4n) is 13.1. The van der Waals surface area contributed by atoms with E-state index >= 15 is 0 Å². The summed E-state index contributed by atoms with van der Waals surface area (Å²) in [5.41, 5.74) is 25.9. The number of benzene rings is 10. The third-order valence-corrected chi connectivity index (χ3v) is 16.4. The molecule has 11 aromatic rings. The Morgan fingerprint density at radius 2 is 1.00 bits per heavy atom. The van der Waals surface area contributed by atoms with Gasteiger partial charge in [0, 0.05) is 44.6 Å². The number of nitrogens with zero attached hydrogens (tertiary/aromatic N) is 2. The second kappa shape index (κ2) is 16.8. The Kier molecular flexibility index (Phi) is 9.97. The molecule has 1 spiro atoms. The summed E-state index contributed by atoms with van der Waals surface area (Å²) < 4.78 is 6.89. The fourth-order valence-corrected chi connectivity index (χ4v) is 13.1. The Hall–Kier alpha value is -8.92. The van der Waals surface area contributed by atoms with E-state index in [1.807, 2.05) is 0 Å². The molecule has 354 valence electrons. The van der Waals surface area contributed by atoms with E-state index in [4.69, 9.17) is 4.42 Å². The predicted octanol–water partition coefficient (Wildman–Crippen LogP) is 19.6. The first-order valence-corrected chi connectivity index (χ1v) is 26.1. The van der Waals surface area contributed by atoms with Crippen LogP contribution >= 0.6 is 0 Å². The molecule has 0 aliphatic heterocycles. The van der Waals surface area contributed by atoms with Crippen molar-refractivity contribution in [3.8, 4) is 33.4 Å². The average Bonchev–Trinajstić information content (AvgIpc) is 4.30. The van der Waals surface area contributed by atoms with Gasteiger partial charge in [-0.3, -0.25) is 0 Å². The van der Waals surface area contributed by atoms with Crippen molar-refractivity contribution in [1.29, 1.82) is 0 Å². The smallest absolute Gasteiger partial charge is 0.159 e. The Bertz CT molecular complexity index is 4050. The lowest BCUT2D eigenvalue weighted by atomic mass is 9.69. The molecule has 1 heterocycles. The molecule has 0 atom stereocenters. The molecule has 3 aliphatic rings. The average molecular weight is 951 g/mol. The highest BCUT2D eigenvalue weighted by molar-refractivity contribution is 6.11. The van der Waals surface area contributed by atoms with Crippen LogP contribution in [-0.4, -0.2) is 0 Å². The summed E-state index contributed by atoms with van der Waals surface area (Å²) in [4.78, 5) is 4.77. The Morgan fingerprint density at radius 3 is 1.74 bits per heavy atom. The van der Waals surface area contributed by atoms with Crippen molar-refractivity contribution in [1.82, 2.24) is 0 Å². The summed E-state index contributed by atoms with van der Waals surface area (Å²) in [5.74, 6) is 0. The van der Waals surface area contributed by atoms with Crippen molar-refractivity contribution in [2.24, 2.45) is 0 Å². The Morgan fingerprint density at radius 1 is 0.432 bits per heavy atom. The standard InChI is InChI=1S/C71H54N2O/c1-5-6-27-54-46(2)71(60-32-16-13-28-55(60)56-29-14-17-33-61(56)71)63-43-42-62-68(67(54)63)59-41-40-53(45-64(59)70(62,3)4)73(65-34-20-31-58-57-30-15-18-35-66(57)74-69(58)65)52-26-19-25-51(44-52)72(49-23-11-8-12-24-49)50-38-36-48(37-39-50)47-21-9-7-10-22-47/h6-45H,5H2,1-4H3/b27-6-. The van der Waals surface area contributed by atoms with Crippen molar-refractivity contribution in [3.63, 3.8) is 0 Å². The maximum Gasteiger partial charge on any atom is 0.159 e. The number of rotatable bonds is 9. The monoisotopic (exact) mass is 950 g/mol. The van der Waals surface area contributed by atoms with Gasteiger partial charge in [-0.2, -0.15) is 0 Å². The van der Waals surface area contributed by atoms with Crippen molar-refractivity contribution >= 4 is 61.6 Å². The van der Waals surface area contributed by atoms with E-state index < -0.39 is 0 Å². The number of para-hydroxylation sites is 3. The molecule has 0 saturated carbocycles. The number of furan rings is 1. The maximum atomic E-state index is 6.89. The van der Waals surface area contributed by atoms with Crippen molar-refractivity contribution in [2.75, 3.05) is 9.80 Å². The van der Waals surface area contributed by atoms with Gasteiger partial charge in [0.2, 0.25) is 0 Å². The highest BCUT2D eigenvalue weighted by Crippen LogP contribution is 2.65. The zero-order valence-corrected chi connectivity index (χ0v) is 42.1. The third-order valence-electron chi connectivity index (χ3n) is 16.4. The van der Waals surface area contributed by atoms with Crippen LogP contribution in [0.2, 0.25) is 0 Å². The van der Waals surface area contributed by atoms with Crippen molar-refractivity contribution < 1.29 is 4.42 Å². The van der Waals surface area contributed by atoms with E-state index in [9.17, 15) is 0 Å². The lowest BCUT2D eigenvalue weighted by molar-refractivity contribution is 0.659. The van der Waals surface area contributed by atoms with E-state index in [1.165, 1.54) is 77.9 Å². The molecule has 0 amide bonds. The molecule has 3 heteroatoms. The van der Waals surface area contributed by atoms with Gasteiger partial charge in [0.05, 0.1) is 11.1 Å². The molecule has 0 fully saturated rings. The predicted molar refractivity (Wildman–Crippen MR) is 310 cm³/mol. The second-order valence-corrected chi connectivity index (χ2v) is 20.6. The van der Waals surface area contributed by atoms with Crippen molar-refractivity contribution in [3.05, 3.63) is 282 Å². The van der Waals surface area contributed by atoms with Gasteiger partial charge in [0.15, 0.2) is 5.58 Å².